The van der Waals surface area contributed by atoms with E-state index in [1.54, 1.807) is 0 Å². The van der Waals surface area contributed by atoms with Crippen molar-refractivity contribution in [1.29, 1.82) is 0 Å². The summed E-state index contributed by atoms with van der Waals surface area (Å²) in [6.45, 7) is -1.58. The molecule has 0 saturated heterocycles. The Balaban J connectivity index is 2.30. The average molecular weight is 255 g/mol. The SMILES string of the molecule is NC[C@H](O)c1nc(CCOCC(F)(F)F)no1. The largest absolute Gasteiger partial charge is 0.411 e. The lowest BCUT2D eigenvalue weighted by Gasteiger charge is -2.05. The Kier molecular flexibility index (Phi) is 4.85. The van der Waals surface area contributed by atoms with Gasteiger partial charge in [0.2, 0.25) is 0 Å². The Morgan fingerprint density at radius 2 is 2.18 bits per heavy atom. The lowest BCUT2D eigenvalue weighted by molar-refractivity contribution is -0.173. The minimum Gasteiger partial charge on any atom is -0.382 e. The zero-order chi connectivity index (χ0) is 12.9. The van der Waals surface area contributed by atoms with Crippen LogP contribution < -0.4 is 5.73 Å². The number of nitrogens with two attached hydrogens (primary N) is 1. The molecule has 17 heavy (non-hydrogen) atoms. The maximum atomic E-state index is 11.7. The van der Waals surface area contributed by atoms with Crippen LogP contribution in [-0.2, 0) is 11.2 Å². The van der Waals surface area contributed by atoms with E-state index in [0.717, 1.165) is 0 Å². The van der Waals surface area contributed by atoms with Gasteiger partial charge in [-0.3, -0.25) is 0 Å². The molecule has 0 unspecified atom stereocenters. The van der Waals surface area contributed by atoms with Crippen LogP contribution in [0.1, 0.15) is 17.8 Å². The molecule has 0 saturated carbocycles. The normalized spacial score (nSPS) is 13.9. The molecule has 1 rings (SSSR count). The Hall–Kier alpha value is -1.19. The molecule has 1 atom stereocenters. The first-order valence-corrected chi connectivity index (χ1v) is 4.77. The number of alkyl halides is 3. The second-order valence-electron chi connectivity index (χ2n) is 3.22. The molecular weight excluding hydrogens is 243 g/mol. The molecule has 3 N–H and O–H groups in total. The van der Waals surface area contributed by atoms with Crippen LogP contribution in [0.25, 0.3) is 0 Å². The minimum absolute atomic E-state index is 0.0571. The highest BCUT2D eigenvalue weighted by atomic mass is 19.4. The molecular formula is C8H12F3N3O3. The standard InChI is InChI=1S/C8H12F3N3O3/c9-8(10,11)4-16-2-1-6-13-7(17-14-6)5(15)3-12/h5,15H,1-4,12H2/t5-/m0/s1. The molecule has 0 aliphatic heterocycles. The number of aliphatic hydroxyl groups is 1. The number of rotatable bonds is 6. The molecule has 1 aromatic heterocycles. The molecule has 0 aliphatic carbocycles. The van der Waals surface area contributed by atoms with Crippen LogP contribution in [0.4, 0.5) is 13.2 Å². The summed E-state index contributed by atoms with van der Waals surface area (Å²) < 4.78 is 44.2. The lowest BCUT2D eigenvalue weighted by atomic mass is 10.3. The van der Waals surface area contributed by atoms with Crippen molar-refractivity contribution in [2.75, 3.05) is 19.8 Å². The van der Waals surface area contributed by atoms with Crippen LogP contribution in [0.2, 0.25) is 0 Å². The Bertz CT molecular complexity index is 342. The van der Waals surface area contributed by atoms with Crippen molar-refractivity contribution in [2.24, 2.45) is 5.73 Å². The maximum Gasteiger partial charge on any atom is 0.411 e. The van der Waals surface area contributed by atoms with Crippen molar-refractivity contribution in [3.05, 3.63) is 11.7 Å². The van der Waals surface area contributed by atoms with Gasteiger partial charge >= 0.3 is 6.18 Å². The molecule has 9 heteroatoms. The fourth-order valence-corrected chi connectivity index (χ4v) is 0.957. The summed E-state index contributed by atoms with van der Waals surface area (Å²) in [5.74, 6) is 0.105. The van der Waals surface area contributed by atoms with Crippen molar-refractivity contribution < 1.29 is 27.5 Å². The van der Waals surface area contributed by atoms with Crippen molar-refractivity contribution in [3.8, 4) is 0 Å². The summed E-state index contributed by atoms with van der Waals surface area (Å²) in [7, 11) is 0. The second kappa shape index (κ2) is 5.94. The average Bonchev–Trinajstić information content (AvgIpc) is 2.70. The number of aliphatic hydroxyl groups excluding tert-OH is 1. The van der Waals surface area contributed by atoms with Gasteiger partial charge in [-0.05, 0) is 0 Å². The third kappa shape index (κ3) is 5.11. The van der Waals surface area contributed by atoms with E-state index in [9.17, 15) is 18.3 Å². The molecule has 0 aromatic carbocycles. The van der Waals surface area contributed by atoms with E-state index in [-0.39, 0.29) is 31.3 Å². The molecule has 0 spiro atoms. The first kappa shape index (κ1) is 13.9. The van der Waals surface area contributed by atoms with E-state index >= 15 is 0 Å². The van der Waals surface area contributed by atoms with E-state index in [2.05, 4.69) is 19.4 Å². The van der Waals surface area contributed by atoms with Gasteiger partial charge in [0.15, 0.2) is 5.82 Å². The molecule has 98 valence electrons. The second-order valence-corrected chi connectivity index (χ2v) is 3.22. The number of nitrogens with zero attached hydrogens (tertiary/aromatic N) is 2. The van der Waals surface area contributed by atoms with Gasteiger partial charge in [-0.25, -0.2) is 0 Å². The predicted octanol–water partition coefficient (Wildman–Crippen LogP) is 0.183. The van der Waals surface area contributed by atoms with Gasteiger partial charge in [0.1, 0.15) is 12.7 Å². The number of halogens is 3. The van der Waals surface area contributed by atoms with Crippen LogP contribution in [0, 0.1) is 0 Å². The van der Waals surface area contributed by atoms with Gasteiger partial charge in [-0.1, -0.05) is 5.16 Å². The summed E-state index contributed by atoms with van der Waals surface area (Å²) in [6, 6.07) is 0. The quantitative estimate of drug-likeness (QED) is 0.704. The lowest BCUT2D eigenvalue weighted by Crippen LogP contribution is -2.18. The van der Waals surface area contributed by atoms with E-state index < -0.39 is 18.9 Å². The van der Waals surface area contributed by atoms with Crippen molar-refractivity contribution in [1.82, 2.24) is 10.1 Å². The van der Waals surface area contributed by atoms with E-state index in [1.165, 1.54) is 0 Å². The van der Waals surface area contributed by atoms with Crippen molar-refractivity contribution >= 4 is 0 Å². The van der Waals surface area contributed by atoms with Crippen LogP contribution in [-0.4, -0.2) is 41.2 Å². The fraction of sp³-hybridized carbons (Fsp3) is 0.750. The van der Waals surface area contributed by atoms with E-state index in [0.29, 0.717) is 0 Å². The first-order valence-electron chi connectivity index (χ1n) is 4.77. The van der Waals surface area contributed by atoms with Crippen LogP contribution in [0.3, 0.4) is 0 Å². The third-order valence-electron chi connectivity index (χ3n) is 1.73. The summed E-state index contributed by atoms with van der Waals surface area (Å²) in [6.07, 6.45) is -5.35. The molecule has 0 aliphatic rings. The third-order valence-corrected chi connectivity index (χ3v) is 1.73. The number of aromatic nitrogens is 2. The van der Waals surface area contributed by atoms with Gasteiger partial charge < -0.3 is 20.1 Å². The number of hydrogen-bond donors (Lipinski definition) is 2. The monoisotopic (exact) mass is 255 g/mol. The Morgan fingerprint density at radius 1 is 1.47 bits per heavy atom. The molecule has 6 nitrogen and oxygen atoms in total. The topological polar surface area (TPSA) is 94.4 Å². The van der Waals surface area contributed by atoms with Gasteiger partial charge in [0.25, 0.3) is 5.89 Å². The van der Waals surface area contributed by atoms with Crippen molar-refractivity contribution in [3.63, 3.8) is 0 Å². The minimum atomic E-state index is -4.35. The summed E-state index contributed by atoms with van der Waals surface area (Å²) in [5, 5.41) is 12.7. The van der Waals surface area contributed by atoms with Gasteiger partial charge in [-0.2, -0.15) is 18.2 Å². The van der Waals surface area contributed by atoms with Crippen molar-refractivity contribution in [2.45, 2.75) is 18.7 Å². The van der Waals surface area contributed by atoms with Gasteiger partial charge in [0, 0.05) is 13.0 Å². The van der Waals surface area contributed by atoms with Crippen LogP contribution in [0.15, 0.2) is 4.52 Å². The predicted molar refractivity (Wildman–Crippen MR) is 48.9 cm³/mol. The number of hydrogen-bond acceptors (Lipinski definition) is 6. The van der Waals surface area contributed by atoms with Gasteiger partial charge in [-0.15, -0.1) is 0 Å². The van der Waals surface area contributed by atoms with E-state index in [4.69, 9.17) is 5.73 Å². The molecule has 1 aromatic rings. The highest BCUT2D eigenvalue weighted by molar-refractivity contribution is 4.90. The molecule has 0 amide bonds. The zero-order valence-corrected chi connectivity index (χ0v) is 8.78. The summed E-state index contributed by atoms with van der Waals surface area (Å²) >= 11 is 0. The van der Waals surface area contributed by atoms with E-state index in [1.807, 2.05) is 0 Å². The fourth-order valence-electron chi connectivity index (χ4n) is 0.957. The highest BCUT2D eigenvalue weighted by Crippen LogP contribution is 2.14. The first-order chi connectivity index (χ1) is 7.92. The molecule has 1 heterocycles. The summed E-state index contributed by atoms with van der Waals surface area (Å²) in [4.78, 5) is 3.75. The van der Waals surface area contributed by atoms with Crippen LogP contribution in [0.5, 0.6) is 0 Å². The van der Waals surface area contributed by atoms with Gasteiger partial charge in [0.05, 0.1) is 6.61 Å². The Labute approximate surface area is 94.6 Å². The Morgan fingerprint density at radius 3 is 2.76 bits per heavy atom. The smallest absolute Gasteiger partial charge is 0.382 e. The molecule has 0 fully saturated rings. The zero-order valence-electron chi connectivity index (χ0n) is 8.78. The maximum absolute atomic E-state index is 11.7. The van der Waals surface area contributed by atoms with Crippen LogP contribution >= 0.6 is 0 Å². The number of ether oxygens (including phenoxy) is 1. The summed E-state index contributed by atoms with van der Waals surface area (Å²) in [5.41, 5.74) is 5.16. The highest BCUT2D eigenvalue weighted by Gasteiger charge is 2.27. The molecule has 0 bridgehead atoms. The molecule has 0 radical (unpaired) electrons.